The molecule has 2 unspecified atom stereocenters. The van der Waals surface area contributed by atoms with Gasteiger partial charge in [0.15, 0.2) is 0 Å². The van der Waals surface area contributed by atoms with Crippen molar-refractivity contribution in [1.82, 2.24) is 10.6 Å². The fraction of sp³-hybridized carbons (Fsp3) is 0.667. The summed E-state index contributed by atoms with van der Waals surface area (Å²) in [4.78, 5) is 22.5. The summed E-state index contributed by atoms with van der Waals surface area (Å²) in [7, 11) is 0. The molecular formula is C12H18N2O4. The predicted octanol–water partition coefficient (Wildman–Crippen LogP) is 0.494. The van der Waals surface area contributed by atoms with Gasteiger partial charge in [-0.15, -0.1) is 0 Å². The van der Waals surface area contributed by atoms with Gasteiger partial charge in [0.05, 0.1) is 12.0 Å². The molecule has 2 amide bonds. The lowest BCUT2D eigenvalue weighted by Gasteiger charge is -2.24. The molecule has 0 aromatic carbocycles. The van der Waals surface area contributed by atoms with Crippen molar-refractivity contribution in [3.05, 3.63) is 12.2 Å². The minimum Gasteiger partial charge on any atom is -0.481 e. The Balaban J connectivity index is 1.72. The number of amides is 2. The summed E-state index contributed by atoms with van der Waals surface area (Å²) in [6.07, 6.45) is 5.44. The molecule has 1 aliphatic carbocycles. The van der Waals surface area contributed by atoms with Gasteiger partial charge in [-0.1, -0.05) is 12.2 Å². The monoisotopic (exact) mass is 254 g/mol. The van der Waals surface area contributed by atoms with Crippen LogP contribution in [0.2, 0.25) is 0 Å². The van der Waals surface area contributed by atoms with E-state index in [0.29, 0.717) is 19.6 Å². The summed E-state index contributed by atoms with van der Waals surface area (Å²) in [6.45, 7) is 1.35. The molecule has 18 heavy (non-hydrogen) atoms. The van der Waals surface area contributed by atoms with Gasteiger partial charge in [0.1, 0.15) is 0 Å². The average molecular weight is 254 g/mol. The molecule has 6 heteroatoms. The van der Waals surface area contributed by atoms with Gasteiger partial charge in [-0.2, -0.15) is 0 Å². The molecule has 1 heterocycles. The Hall–Kier alpha value is -1.56. The zero-order valence-corrected chi connectivity index (χ0v) is 10.1. The molecule has 1 fully saturated rings. The maximum absolute atomic E-state index is 11.7. The van der Waals surface area contributed by atoms with E-state index >= 15 is 0 Å². The summed E-state index contributed by atoms with van der Waals surface area (Å²) in [6, 6.07) is -0.270. The largest absolute Gasteiger partial charge is 0.481 e. The van der Waals surface area contributed by atoms with Crippen molar-refractivity contribution in [2.24, 2.45) is 5.92 Å². The van der Waals surface area contributed by atoms with Gasteiger partial charge in [0.25, 0.3) is 0 Å². The van der Waals surface area contributed by atoms with E-state index in [-0.39, 0.29) is 18.1 Å². The fourth-order valence-electron chi connectivity index (χ4n) is 2.23. The molecule has 0 aromatic heterocycles. The third kappa shape index (κ3) is 3.46. The molecule has 2 atom stereocenters. The van der Waals surface area contributed by atoms with Gasteiger partial charge in [-0.3, -0.25) is 4.79 Å². The van der Waals surface area contributed by atoms with Crippen LogP contribution in [0.4, 0.5) is 4.79 Å². The zero-order valence-electron chi connectivity index (χ0n) is 10.1. The molecule has 2 rings (SSSR count). The van der Waals surface area contributed by atoms with Gasteiger partial charge < -0.3 is 20.5 Å². The number of aliphatic carboxylic acids is 1. The first-order valence-electron chi connectivity index (χ1n) is 6.21. The number of carboxylic acid groups (broad SMARTS) is 1. The lowest BCUT2D eigenvalue weighted by atomic mass is 10.1. The van der Waals surface area contributed by atoms with Crippen molar-refractivity contribution in [2.75, 3.05) is 13.2 Å². The van der Waals surface area contributed by atoms with E-state index in [4.69, 9.17) is 9.84 Å². The number of hydrogen-bond acceptors (Lipinski definition) is 3. The number of ether oxygens (including phenoxy) is 1. The maximum Gasteiger partial charge on any atom is 0.315 e. The first kappa shape index (κ1) is 12.9. The highest BCUT2D eigenvalue weighted by atomic mass is 16.5. The van der Waals surface area contributed by atoms with Crippen LogP contribution >= 0.6 is 0 Å². The lowest BCUT2D eigenvalue weighted by Crippen LogP contribution is -2.47. The topological polar surface area (TPSA) is 87.7 Å². The van der Waals surface area contributed by atoms with Crippen molar-refractivity contribution in [3.8, 4) is 0 Å². The molecule has 3 N–H and O–H groups in total. The van der Waals surface area contributed by atoms with Gasteiger partial charge in [0, 0.05) is 19.3 Å². The van der Waals surface area contributed by atoms with Crippen LogP contribution in [0.5, 0.6) is 0 Å². The van der Waals surface area contributed by atoms with Gasteiger partial charge in [0.2, 0.25) is 0 Å². The standard InChI is InChI=1S/C12H18N2O4/c15-11(16)8-1-2-10(7-8)14-12(17)13-9-3-5-18-6-4-9/h1-2,8-10H,3-7H2,(H,15,16)(H2,13,14,17). The molecule has 0 spiro atoms. The third-order valence-corrected chi connectivity index (χ3v) is 3.27. The number of rotatable bonds is 3. The summed E-state index contributed by atoms with van der Waals surface area (Å²) in [5.74, 6) is -1.33. The van der Waals surface area contributed by atoms with Crippen LogP contribution in [-0.2, 0) is 9.53 Å². The molecular weight excluding hydrogens is 236 g/mol. The smallest absolute Gasteiger partial charge is 0.315 e. The Kier molecular flexibility index (Phi) is 4.19. The summed E-state index contributed by atoms with van der Waals surface area (Å²) in [5, 5.41) is 14.5. The second-order valence-electron chi connectivity index (χ2n) is 4.68. The molecule has 2 aliphatic rings. The highest BCUT2D eigenvalue weighted by Gasteiger charge is 2.26. The van der Waals surface area contributed by atoms with Crippen LogP contribution < -0.4 is 10.6 Å². The molecule has 0 radical (unpaired) electrons. The minimum absolute atomic E-state index is 0.152. The Bertz CT molecular complexity index is 350. The fourth-order valence-corrected chi connectivity index (χ4v) is 2.23. The molecule has 1 aliphatic heterocycles. The number of urea groups is 1. The van der Waals surface area contributed by atoms with Crippen molar-refractivity contribution in [2.45, 2.75) is 31.3 Å². The van der Waals surface area contributed by atoms with Crippen LogP contribution in [0.15, 0.2) is 12.2 Å². The number of hydrogen-bond donors (Lipinski definition) is 3. The van der Waals surface area contributed by atoms with E-state index < -0.39 is 11.9 Å². The number of carboxylic acids is 1. The van der Waals surface area contributed by atoms with Crippen LogP contribution in [0, 0.1) is 5.92 Å². The lowest BCUT2D eigenvalue weighted by molar-refractivity contribution is -0.140. The molecule has 1 saturated heterocycles. The first-order valence-corrected chi connectivity index (χ1v) is 6.21. The second kappa shape index (κ2) is 5.86. The average Bonchev–Trinajstić information content (AvgIpc) is 2.78. The van der Waals surface area contributed by atoms with Gasteiger partial charge in [-0.25, -0.2) is 4.79 Å². The van der Waals surface area contributed by atoms with Crippen molar-refractivity contribution < 1.29 is 19.4 Å². The summed E-state index contributed by atoms with van der Waals surface area (Å²) >= 11 is 0. The Morgan fingerprint density at radius 2 is 1.89 bits per heavy atom. The van der Waals surface area contributed by atoms with E-state index in [1.165, 1.54) is 0 Å². The Labute approximate surface area is 105 Å². The van der Waals surface area contributed by atoms with Crippen molar-refractivity contribution in [1.29, 1.82) is 0 Å². The Morgan fingerprint density at radius 3 is 2.50 bits per heavy atom. The van der Waals surface area contributed by atoms with E-state index in [2.05, 4.69) is 10.6 Å². The van der Waals surface area contributed by atoms with Crippen LogP contribution in [0.3, 0.4) is 0 Å². The SMILES string of the molecule is O=C(NC1C=CC(C(=O)O)C1)NC1CCOCC1. The minimum atomic E-state index is -0.847. The molecule has 0 aromatic rings. The third-order valence-electron chi connectivity index (χ3n) is 3.27. The van der Waals surface area contributed by atoms with E-state index in [0.717, 1.165) is 12.8 Å². The van der Waals surface area contributed by atoms with Crippen molar-refractivity contribution in [3.63, 3.8) is 0 Å². The van der Waals surface area contributed by atoms with Gasteiger partial charge >= 0.3 is 12.0 Å². The summed E-state index contributed by atoms with van der Waals surface area (Å²) < 4.78 is 5.21. The number of carbonyl (C=O) groups is 2. The molecule has 0 saturated carbocycles. The van der Waals surface area contributed by atoms with E-state index in [9.17, 15) is 9.59 Å². The highest BCUT2D eigenvalue weighted by molar-refractivity contribution is 5.76. The normalized spacial score (nSPS) is 28.0. The summed E-state index contributed by atoms with van der Waals surface area (Å²) in [5.41, 5.74) is 0. The van der Waals surface area contributed by atoms with Crippen LogP contribution in [0.25, 0.3) is 0 Å². The van der Waals surface area contributed by atoms with Crippen LogP contribution in [0.1, 0.15) is 19.3 Å². The first-order chi connectivity index (χ1) is 8.65. The molecule has 0 bridgehead atoms. The quantitative estimate of drug-likeness (QED) is 0.640. The predicted molar refractivity (Wildman–Crippen MR) is 64.2 cm³/mol. The second-order valence-corrected chi connectivity index (χ2v) is 4.68. The maximum atomic E-state index is 11.7. The Morgan fingerprint density at radius 1 is 1.17 bits per heavy atom. The number of carbonyl (C=O) groups excluding carboxylic acids is 1. The highest BCUT2D eigenvalue weighted by Crippen LogP contribution is 2.17. The van der Waals surface area contributed by atoms with Gasteiger partial charge in [-0.05, 0) is 19.3 Å². The zero-order chi connectivity index (χ0) is 13.0. The van der Waals surface area contributed by atoms with E-state index in [1.807, 2.05) is 0 Å². The molecule has 100 valence electrons. The van der Waals surface area contributed by atoms with E-state index in [1.54, 1.807) is 12.2 Å². The van der Waals surface area contributed by atoms with Crippen LogP contribution in [-0.4, -0.2) is 42.4 Å². The number of nitrogens with one attached hydrogen (secondary N) is 2. The molecule has 6 nitrogen and oxygen atoms in total. The van der Waals surface area contributed by atoms with Crippen molar-refractivity contribution >= 4 is 12.0 Å².